The van der Waals surface area contributed by atoms with E-state index in [0.29, 0.717) is 21.5 Å². The summed E-state index contributed by atoms with van der Waals surface area (Å²) >= 11 is 12.0. The van der Waals surface area contributed by atoms with E-state index in [4.69, 9.17) is 23.8 Å². The normalized spacial score (nSPS) is 17.6. The molecule has 2 aromatic heterocycles. The Morgan fingerprint density at radius 2 is 1.94 bits per heavy atom. The fourth-order valence-electron chi connectivity index (χ4n) is 4.23. The Labute approximate surface area is 205 Å². The first-order chi connectivity index (χ1) is 16.4. The maximum atomic E-state index is 11.4. The van der Waals surface area contributed by atoms with Gasteiger partial charge in [-0.2, -0.15) is 0 Å². The van der Waals surface area contributed by atoms with Crippen molar-refractivity contribution >= 4 is 40.3 Å². The molecule has 0 radical (unpaired) electrons. The first-order valence-electron chi connectivity index (χ1n) is 10.4. The molecule has 0 spiro atoms. The second-order valence-electron chi connectivity index (χ2n) is 7.71. The summed E-state index contributed by atoms with van der Waals surface area (Å²) in [5, 5.41) is 26.2. The van der Waals surface area contributed by atoms with E-state index in [1.807, 2.05) is 41.1 Å². The van der Waals surface area contributed by atoms with Gasteiger partial charge in [-0.3, -0.25) is 15.1 Å². The predicted molar refractivity (Wildman–Crippen MR) is 133 cm³/mol. The summed E-state index contributed by atoms with van der Waals surface area (Å²) in [5.74, 6) is 0.0219. The lowest BCUT2D eigenvalue weighted by atomic mass is 10.0. The average Bonchev–Trinajstić information content (AvgIpc) is 3.45. The van der Waals surface area contributed by atoms with Crippen molar-refractivity contribution in [2.24, 2.45) is 0 Å². The van der Waals surface area contributed by atoms with Crippen molar-refractivity contribution in [2.75, 3.05) is 4.90 Å². The molecule has 34 heavy (non-hydrogen) atoms. The van der Waals surface area contributed by atoms with E-state index >= 15 is 0 Å². The second-order valence-corrected chi connectivity index (χ2v) is 8.53. The molecule has 10 heteroatoms. The van der Waals surface area contributed by atoms with Crippen molar-refractivity contribution in [2.45, 2.75) is 12.1 Å². The van der Waals surface area contributed by atoms with Crippen LogP contribution in [0.15, 0.2) is 85.2 Å². The number of nitrogens with zero attached hydrogens (tertiary/aromatic N) is 4. The summed E-state index contributed by atoms with van der Waals surface area (Å²) in [6.07, 6.45) is 3.54. The van der Waals surface area contributed by atoms with Gasteiger partial charge in [0.05, 0.1) is 28.0 Å². The van der Waals surface area contributed by atoms with Gasteiger partial charge in [0.1, 0.15) is 11.8 Å². The minimum Gasteiger partial charge on any atom is -0.506 e. The number of pyridine rings is 1. The number of nitrogens with one attached hydrogen (secondary N) is 1. The molecule has 0 amide bonds. The average molecular weight is 492 g/mol. The topological polar surface area (TPSA) is 96.5 Å². The molecule has 4 aromatic rings. The molecule has 170 valence electrons. The van der Waals surface area contributed by atoms with Gasteiger partial charge in [-0.05, 0) is 60.7 Å². The van der Waals surface area contributed by atoms with Crippen LogP contribution in [0.5, 0.6) is 5.75 Å². The molecule has 1 saturated heterocycles. The van der Waals surface area contributed by atoms with Crippen molar-refractivity contribution in [1.29, 1.82) is 0 Å². The van der Waals surface area contributed by atoms with Gasteiger partial charge < -0.3 is 19.9 Å². The standard InChI is InChI=1S/C24H18ClN5O3S/c25-15-9-10-21(31)20(13-15)29-23(22(27-24(29)34)18-7-1-2-11-26-18)19-8-4-12-28(19)16-5-3-6-17(14-16)30(32)33/h1-14,22-23,31H,(H,27,34)/t22-,23-/m0/s1. The van der Waals surface area contributed by atoms with Crippen LogP contribution in [0.2, 0.25) is 5.02 Å². The number of non-ortho nitro benzene ring substituents is 1. The lowest BCUT2D eigenvalue weighted by molar-refractivity contribution is -0.384. The van der Waals surface area contributed by atoms with Gasteiger partial charge in [0.2, 0.25) is 0 Å². The number of thiocarbonyl (C=S) groups is 1. The minimum absolute atomic E-state index is 0.0113. The van der Waals surface area contributed by atoms with Crippen molar-refractivity contribution in [3.63, 3.8) is 0 Å². The van der Waals surface area contributed by atoms with E-state index in [0.717, 1.165) is 11.4 Å². The van der Waals surface area contributed by atoms with E-state index in [-0.39, 0.29) is 17.5 Å². The molecular formula is C24H18ClN5O3S. The SMILES string of the molecule is O=[N+]([O-])c1cccc(-n2cccc2[C@H]2[C@H](c3ccccn3)NC(=S)N2c2cc(Cl)ccc2O)c1. The molecule has 2 atom stereocenters. The van der Waals surface area contributed by atoms with E-state index in [1.54, 1.807) is 35.4 Å². The summed E-state index contributed by atoms with van der Waals surface area (Å²) in [6, 6.07) is 19.8. The lowest BCUT2D eigenvalue weighted by Crippen LogP contribution is -2.30. The highest BCUT2D eigenvalue weighted by Gasteiger charge is 2.43. The Morgan fingerprint density at radius 1 is 1.09 bits per heavy atom. The smallest absolute Gasteiger partial charge is 0.271 e. The number of phenolic OH excluding ortho intramolecular Hbond substituents is 1. The quantitative estimate of drug-likeness (QED) is 0.221. The summed E-state index contributed by atoms with van der Waals surface area (Å²) in [7, 11) is 0. The number of nitro groups is 1. The predicted octanol–water partition coefficient (Wildman–Crippen LogP) is 5.32. The first kappa shape index (κ1) is 21.9. The number of hydrogen-bond acceptors (Lipinski definition) is 5. The van der Waals surface area contributed by atoms with Crippen molar-refractivity contribution in [3.8, 4) is 11.4 Å². The zero-order chi connectivity index (χ0) is 23.8. The van der Waals surface area contributed by atoms with Gasteiger partial charge in [0.25, 0.3) is 5.69 Å². The Balaban J connectivity index is 1.69. The summed E-state index contributed by atoms with van der Waals surface area (Å²) in [5.41, 5.74) is 2.61. The molecule has 0 unspecified atom stereocenters. The van der Waals surface area contributed by atoms with Crippen LogP contribution in [0.1, 0.15) is 23.5 Å². The highest BCUT2D eigenvalue weighted by molar-refractivity contribution is 7.80. The van der Waals surface area contributed by atoms with Gasteiger partial charge in [0, 0.05) is 35.2 Å². The summed E-state index contributed by atoms with van der Waals surface area (Å²) in [4.78, 5) is 17.3. The van der Waals surface area contributed by atoms with E-state index in [2.05, 4.69) is 10.3 Å². The molecule has 8 nitrogen and oxygen atoms in total. The van der Waals surface area contributed by atoms with Crippen LogP contribution in [0.25, 0.3) is 5.69 Å². The van der Waals surface area contributed by atoms with Crippen LogP contribution in [0.4, 0.5) is 11.4 Å². The van der Waals surface area contributed by atoms with Crippen molar-refractivity contribution < 1.29 is 10.0 Å². The molecule has 0 bridgehead atoms. The summed E-state index contributed by atoms with van der Waals surface area (Å²) < 4.78 is 1.87. The summed E-state index contributed by atoms with van der Waals surface area (Å²) in [6.45, 7) is 0. The van der Waals surface area contributed by atoms with Crippen molar-refractivity contribution in [1.82, 2.24) is 14.9 Å². The van der Waals surface area contributed by atoms with Crippen LogP contribution < -0.4 is 10.2 Å². The second kappa shape index (κ2) is 8.77. The Morgan fingerprint density at radius 3 is 2.71 bits per heavy atom. The number of hydrogen-bond donors (Lipinski definition) is 2. The van der Waals surface area contributed by atoms with Gasteiger partial charge >= 0.3 is 0 Å². The Kier molecular flexibility index (Phi) is 5.64. The number of phenols is 1. The minimum atomic E-state index is -0.443. The third-order valence-corrected chi connectivity index (χ3v) is 6.25. The van der Waals surface area contributed by atoms with Gasteiger partial charge in [0.15, 0.2) is 5.11 Å². The van der Waals surface area contributed by atoms with Crippen LogP contribution in [-0.4, -0.2) is 24.7 Å². The van der Waals surface area contributed by atoms with Crippen LogP contribution in [-0.2, 0) is 0 Å². The molecular weight excluding hydrogens is 474 g/mol. The molecule has 1 aliphatic heterocycles. The number of aromatic nitrogens is 2. The maximum Gasteiger partial charge on any atom is 0.271 e. The molecule has 3 heterocycles. The van der Waals surface area contributed by atoms with Crippen LogP contribution in [0.3, 0.4) is 0 Å². The van der Waals surface area contributed by atoms with E-state index in [9.17, 15) is 15.2 Å². The Hall–Kier alpha value is -3.95. The fraction of sp³-hybridized carbons (Fsp3) is 0.0833. The van der Waals surface area contributed by atoms with E-state index < -0.39 is 11.0 Å². The largest absolute Gasteiger partial charge is 0.506 e. The third-order valence-electron chi connectivity index (χ3n) is 5.70. The lowest BCUT2D eigenvalue weighted by Gasteiger charge is -2.29. The molecule has 1 aliphatic rings. The maximum absolute atomic E-state index is 11.4. The van der Waals surface area contributed by atoms with Crippen LogP contribution in [0, 0.1) is 10.1 Å². The van der Waals surface area contributed by atoms with Gasteiger partial charge in [-0.15, -0.1) is 0 Å². The molecule has 5 rings (SSSR count). The highest BCUT2D eigenvalue weighted by atomic mass is 35.5. The highest BCUT2D eigenvalue weighted by Crippen LogP contribution is 2.45. The molecule has 0 saturated carbocycles. The fourth-order valence-corrected chi connectivity index (χ4v) is 4.74. The first-order valence-corrected chi connectivity index (χ1v) is 11.1. The van der Waals surface area contributed by atoms with Gasteiger partial charge in [-0.25, -0.2) is 0 Å². The zero-order valence-corrected chi connectivity index (χ0v) is 19.1. The molecule has 2 N–H and O–H groups in total. The third kappa shape index (κ3) is 3.85. The number of aromatic hydroxyl groups is 1. The number of anilines is 1. The molecule has 2 aromatic carbocycles. The number of rotatable bonds is 5. The monoisotopic (exact) mass is 491 g/mol. The number of benzene rings is 2. The van der Waals surface area contributed by atoms with Crippen LogP contribution >= 0.6 is 23.8 Å². The van der Waals surface area contributed by atoms with Crippen molar-refractivity contribution in [3.05, 3.63) is 112 Å². The van der Waals surface area contributed by atoms with Gasteiger partial charge in [-0.1, -0.05) is 23.7 Å². The zero-order valence-electron chi connectivity index (χ0n) is 17.6. The molecule has 0 aliphatic carbocycles. The Bertz CT molecular complexity index is 1390. The number of nitro benzene ring substituents is 1. The molecule has 1 fully saturated rings. The number of halogens is 1. The van der Waals surface area contributed by atoms with E-state index in [1.165, 1.54) is 18.2 Å².